The molecule has 12 heteroatoms. The van der Waals surface area contributed by atoms with Crippen LogP contribution in [-0.2, 0) is 18.9 Å². The van der Waals surface area contributed by atoms with Crippen LogP contribution in [0.5, 0.6) is 0 Å². The van der Waals surface area contributed by atoms with E-state index in [9.17, 15) is 40.5 Å². The van der Waals surface area contributed by atoms with Crippen molar-refractivity contribution in [2.75, 3.05) is 19.8 Å². The van der Waals surface area contributed by atoms with Crippen molar-refractivity contribution < 1.29 is 59.5 Å². The molecule has 0 saturated carbocycles. The highest BCUT2D eigenvalue weighted by molar-refractivity contribution is 5.89. The Morgan fingerprint density at radius 2 is 1.61 bits per heavy atom. The Bertz CT molecular complexity index is 732. The van der Waals surface area contributed by atoms with Crippen LogP contribution in [0.25, 0.3) is 0 Å². The lowest BCUT2D eigenvalue weighted by atomic mass is 9.99. The summed E-state index contributed by atoms with van der Waals surface area (Å²) >= 11 is 0. The predicted octanol–water partition coefficient (Wildman–Crippen LogP) is -3.53. The minimum absolute atomic E-state index is 0.243. The third-order valence-electron chi connectivity index (χ3n) is 5.28. The zero-order valence-corrected chi connectivity index (χ0v) is 16.3. The second kappa shape index (κ2) is 9.83. The lowest BCUT2D eigenvalue weighted by Crippen LogP contribution is -2.62. The third-order valence-corrected chi connectivity index (χ3v) is 5.28. The molecule has 0 amide bonds. The van der Waals surface area contributed by atoms with Gasteiger partial charge in [0.05, 0.1) is 12.2 Å². The van der Waals surface area contributed by atoms with Gasteiger partial charge >= 0.3 is 5.97 Å². The van der Waals surface area contributed by atoms with E-state index in [1.165, 1.54) is 12.1 Å². The van der Waals surface area contributed by atoms with Gasteiger partial charge in [0.25, 0.3) is 0 Å². The Morgan fingerprint density at radius 1 is 0.935 bits per heavy atom. The molecule has 2 saturated heterocycles. The second-order valence-electron chi connectivity index (χ2n) is 7.34. The first kappa shape index (κ1) is 23.9. The maximum Gasteiger partial charge on any atom is 0.338 e. The van der Waals surface area contributed by atoms with Crippen LogP contribution in [0, 0.1) is 0 Å². The molecule has 0 radical (unpaired) electrons. The summed E-state index contributed by atoms with van der Waals surface area (Å²) in [5.41, 5.74) is 0.243. The zero-order chi connectivity index (χ0) is 22.8. The van der Waals surface area contributed by atoms with Crippen LogP contribution in [0.15, 0.2) is 30.3 Å². The number of aliphatic hydroxyl groups excluding tert-OH is 7. The smallest absolute Gasteiger partial charge is 0.338 e. The number of esters is 1. The summed E-state index contributed by atoms with van der Waals surface area (Å²) in [6.07, 6.45) is -13.1. The molecule has 2 aliphatic heterocycles. The Kier molecular flexibility index (Phi) is 7.59. The highest BCUT2D eigenvalue weighted by Crippen LogP contribution is 2.36. The molecule has 0 unspecified atom stereocenters. The van der Waals surface area contributed by atoms with E-state index in [2.05, 4.69) is 0 Å². The highest BCUT2D eigenvalue weighted by atomic mass is 16.8. The summed E-state index contributed by atoms with van der Waals surface area (Å²) in [6, 6.07) is 7.98. The van der Waals surface area contributed by atoms with Crippen molar-refractivity contribution in [3.8, 4) is 0 Å². The van der Waals surface area contributed by atoms with Gasteiger partial charge in [-0.05, 0) is 12.1 Å². The molecule has 0 bridgehead atoms. The number of benzene rings is 1. The summed E-state index contributed by atoms with van der Waals surface area (Å²) in [6.45, 7) is -2.21. The maximum atomic E-state index is 12.1. The molecule has 0 aliphatic carbocycles. The van der Waals surface area contributed by atoms with Gasteiger partial charge in [0, 0.05) is 0 Å². The lowest BCUT2D eigenvalue weighted by Gasteiger charge is -2.43. The minimum atomic E-state index is -2.29. The van der Waals surface area contributed by atoms with Crippen LogP contribution >= 0.6 is 0 Å². The van der Waals surface area contributed by atoms with Crippen molar-refractivity contribution in [3.05, 3.63) is 35.9 Å². The van der Waals surface area contributed by atoms with Gasteiger partial charge in [0.1, 0.15) is 55.9 Å². The van der Waals surface area contributed by atoms with Crippen molar-refractivity contribution in [1.29, 1.82) is 0 Å². The van der Waals surface area contributed by atoms with Crippen molar-refractivity contribution in [2.24, 2.45) is 0 Å². The first-order chi connectivity index (χ1) is 14.7. The first-order valence-electron chi connectivity index (χ1n) is 9.59. The van der Waals surface area contributed by atoms with Crippen LogP contribution < -0.4 is 0 Å². The number of hydrogen-bond donors (Lipinski definition) is 7. The molecule has 0 aromatic heterocycles. The molecular formula is C19H26O12. The van der Waals surface area contributed by atoms with Gasteiger partial charge in [-0.2, -0.15) is 0 Å². The monoisotopic (exact) mass is 446 g/mol. The molecule has 31 heavy (non-hydrogen) atoms. The van der Waals surface area contributed by atoms with Gasteiger partial charge in [0.2, 0.25) is 5.79 Å². The van der Waals surface area contributed by atoms with E-state index in [0.29, 0.717) is 0 Å². The average Bonchev–Trinajstić information content (AvgIpc) is 3.04. The van der Waals surface area contributed by atoms with Gasteiger partial charge < -0.3 is 54.7 Å². The molecule has 0 spiro atoms. The zero-order valence-electron chi connectivity index (χ0n) is 16.3. The fourth-order valence-corrected chi connectivity index (χ4v) is 3.43. The number of carbonyl (C=O) groups is 1. The van der Waals surface area contributed by atoms with E-state index in [-0.39, 0.29) is 5.56 Å². The second-order valence-corrected chi connectivity index (χ2v) is 7.34. The number of rotatable bonds is 7. The molecule has 1 aromatic rings. The van der Waals surface area contributed by atoms with Gasteiger partial charge in [-0.15, -0.1) is 0 Å². The van der Waals surface area contributed by atoms with E-state index in [1.54, 1.807) is 18.2 Å². The Morgan fingerprint density at radius 3 is 2.19 bits per heavy atom. The van der Waals surface area contributed by atoms with Crippen molar-refractivity contribution >= 4 is 5.97 Å². The van der Waals surface area contributed by atoms with Gasteiger partial charge in [0.15, 0.2) is 6.29 Å². The van der Waals surface area contributed by atoms with E-state index < -0.39 is 80.6 Å². The van der Waals surface area contributed by atoms with E-state index >= 15 is 0 Å². The van der Waals surface area contributed by atoms with Gasteiger partial charge in [-0.25, -0.2) is 4.79 Å². The molecule has 2 heterocycles. The van der Waals surface area contributed by atoms with Crippen LogP contribution in [0.3, 0.4) is 0 Å². The molecule has 7 N–H and O–H groups in total. The molecule has 9 atom stereocenters. The minimum Gasteiger partial charge on any atom is -0.459 e. The fourth-order valence-electron chi connectivity index (χ4n) is 3.43. The standard InChI is InChI=1S/C19H26O12/c20-6-10-13(23)16(26)19(8-21,30-10)31-18-15(25)14(24)12(22)11(29-18)7-28-17(27)9-4-2-1-3-5-9/h1-5,10-16,18,20-26H,6-8H2/t10-,11+,12-,13-,14+,15-,16+,18-,19-/m1/s1. The summed E-state index contributed by atoms with van der Waals surface area (Å²) in [5.74, 6) is -3.00. The number of ether oxygens (including phenoxy) is 4. The topological polar surface area (TPSA) is 196 Å². The number of carbonyl (C=O) groups excluding carboxylic acids is 1. The molecule has 2 aliphatic rings. The lowest BCUT2D eigenvalue weighted by molar-refractivity contribution is -0.383. The molecule has 12 nitrogen and oxygen atoms in total. The Balaban J connectivity index is 1.70. The Labute approximate surface area is 176 Å². The number of aliphatic hydroxyl groups is 7. The quantitative estimate of drug-likeness (QED) is 0.204. The molecule has 2 fully saturated rings. The van der Waals surface area contributed by atoms with E-state index in [1.807, 2.05) is 0 Å². The fraction of sp³-hybridized carbons (Fsp3) is 0.632. The molecule has 1 aromatic carbocycles. The van der Waals surface area contributed by atoms with Crippen LogP contribution in [-0.4, -0.2) is 116 Å². The summed E-state index contributed by atoms with van der Waals surface area (Å²) in [7, 11) is 0. The number of hydrogen-bond acceptors (Lipinski definition) is 12. The van der Waals surface area contributed by atoms with E-state index in [0.717, 1.165) is 0 Å². The molecular weight excluding hydrogens is 420 g/mol. The average molecular weight is 446 g/mol. The maximum absolute atomic E-state index is 12.1. The summed E-state index contributed by atoms with van der Waals surface area (Å²) < 4.78 is 21.1. The summed E-state index contributed by atoms with van der Waals surface area (Å²) in [5, 5.41) is 69.7. The molecule has 174 valence electrons. The van der Waals surface area contributed by atoms with Crippen molar-refractivity contribution in [1.82, 2.24) is 0 Å². The third kappa shape index (κ3) is 4.73. The predicted molar refractivity (Wildman–Crippen MR) is 98.3 cm³/mol. The van der Waals surface area contributed by atoms with Crippen LogP contribution in [0.1, 0.15) is 10.4 Å². The van der Waals surface area contributed by atoms with Crippen LogP contribution in [0.4, 0.5) is 0 Å². The highest BCUT2D eigenvalue weighted by Gasteiger charge is 2.58. The van der Waals surface area contributed by atoms with Crippen molar-refractivity contribution in [2.45, 2.75) is 54.8 Å². The normalized spacial score (nSPS) is 40.6. The van der Waals surface area contributed by atoms with Gasteiger partial charge in [-0.1, -0.05) is 18.2 Å². The summed E-state index contributed by atoms with van der Waals surface area (Å²) in [4.78, 5) is 12.1. The molecule has 3 rings (SSSR count). The van der Waals surface area contributed by atoms with Crippen molar-refractivity contribution in [3.63, 3.8) is 0 Å². The van der Waals surface area contributed by atoms with Gasteiger partial charge in [-0.3, -0.25) is 0 Å². The first-order valence-corrected chi connectivity index (χ1v) is 9.59. The van der Waals surface area contributed by atoms with E-state index in [4.69, 9.17) is 18.9 Å². The largest absolute Gasteiger partial charge is 0.459 e. The van der Waals surface area contributed by atoms with Crippen LogP contribution in [0.2, 0.25) is 0 Å². The Hall–Kier alpha value is -1.71. The SMILES string of the molecule is O=C(OC[C@@H]1O[C@H](O[C@@]2(CO)O[C@H](CO)[C@@H](O)[C@@H]2O)[C@H](O)[C@@H](O)[C@@H]1O)c1ccccc1.